The number of likely N-dealkylation sites (tertiary alicyclic amines) is 2. The van der Waals surface area contributed by atoms with Crippen LogP contribution in [0.5, 0.6) is 0 Å². The van der Waals surface area contributed by atoms with Gasteiger partial charge in [0.25, 0.3) is 5.91 Å². The van der Waals surface area contributed by atoms with E-state index in [2.05, 4.69) is 29.1 Å². The molecule has 0 saturated carbocycles. The zero-order valence-electron chi connectivity index (χ0n) is 19.0. The molecule has 166 valence electrons. The number of aryl methyl sites for hydroxylation is 2. The van der Waals surface area contributed by atoms with Crippen LogP contribution in [0, 0.1) is 18.3 Å². The van der Waals surface area contributed by atoms with Gasteiger partial charge in [-0.1, -0.05) is 43.7 Å². The number of carbonyl (C=O) groups is 2. The topological polar surface area (TPSA) is 58.4 Å². The molecule has 1 aromatic heterocycles. The molecule has 4 rings (SSSR count). The summed E-state index contributed by atoms with van der Waals surface area (Å²) >= 11 is 0. The van der Waals surface area contributed by atoms with Crippen molar-refractivity contribution in [3.05, 3.63) is 53.3 Å². The highest BCUT2D eigenvalue weighted by atomic mass is 16.2. The third-order valence-electron chi connectivity index (χ3n) is 7.29. The molecule has 2 fully saturated rings. The highest BCUT2D eigenvalue weighted by Crippen LogP contribution is 2.43. The van der Waals surface area contributed by atoms with E-state index in [9.17, 15) is 9.59 Å². The molecule has 0 bridgehead atoms. The van der Waals surface area contributed by atoms with E-state index in [-0.39, 0.29) is 11.3 Å². The van der Waals surface area contributed by atoms with Crippen molar-refractivity contribution >= 4 is 11.8 Å². The van der Waals surface area contributed by atoms with Crippen molar-refractivity contribution in [2.24, 2.45) is 18.4 Å². The van der Waals surface area contributed by atoms with Crippen molar-refractivity contribution in [1.82, 2.24) is 19.6 Å². The van der Waals surface area contributed by atoms with E-state index >= 15 is 0 Å². The summed E-state index contributed by atoms with van der Waals surface area (Å²) in [5.74, 6) is 0.671. The number of hydrogen-bond donors (Lipinski definition) is 0. The smallest absolute Gasteiger partial charge is 0.257 e. The van der Waals surface area contributed by atoms with Crippen LogP contribution in [-0.4, -0.2) is 51.0 Å². The Morgan fingerprint density at radius 1 is 1.13 bits per heavy atom. The maximum atomic E-state index is 13.7. The zero-order chi connectivity index (χ0) is 22.0. The minimum absolute atomic E-state index is 0.0621. The molecule has 6 heteroatoms. The summed E-state index contributed by atoms with van der Waals surface area (Å²) in [4.78, 5) is 30.7. The van der Waals surface area contributed by atoms with Crippen LogP contribution in [-0.2, 0) is 18.4 Å². The Labute approximate surface area is 185 Å². The van der Waals surface area contributed by atoms with Gasteiger partial charge in [-0.3, -0.25) is 14.3 Å². The van der Waals surface area contributed by atoms with Gasteiger partial charge in [-0.15, -0.1) is 0 Å². The van der Waals surface area contributed by atoms with Gasteiger partial charge < -0.3 is 9.80 Å². The van der Waals surface area contributed by atoms with Gasteiger partial charge in [-0.05, 0) is 44.1 Å². The molecule has 0 spiro atoms. The Morgan fingerprint density at radius 2 is 1.84 bits per heavy atom. The van der Waals surface area contributed by atoms with Gasteiger partial charge in [0.2, 0.25) is 5.91 Å². The number of carbonyl (C=O) groups excluding carboxylic acids is 2. The minimum Gasteiger partial charge on any atom is -0.339 e. The second kappa shape index (κ2) is 8.85. The van der Waals surface area contributed by atoms with Crippen LogP contribution in [0.3, 0.4) is 0 Å². The molecule has 3 heterocycles. The highest BCUT2D eigenvalue weighted by Gasteiger charge is 2.45. The molecule has 0 unspecified atom stereocenters. The summed E-state index contributed by atoms with van der Waals surface area (Å²) < 4.78 is 1.70. The zero-order valence-corrected chi connectivity index (χ0v) is 19.0. The lowest BCUT2D eigenvalue weighted by atomic mass is 9.69. The summed E-state index contributed by atoms with van der Waals surface area (Å²) in [7, 11) is 1.84. The summed E-state index contributed by atoms with van der Waals surface area (Å²) in [6, 6.07) is 10.3. The number of aromatic nitrogens is 2. The molecule has 6 nitrogen and oxygen atoms in total. The van der Waals surface area contributed by atoms with Crippen molar-refractivity contribution in [1.29, 1.82) is 0 Å². The van der Waals surface area contributed by atoms with E-state index in [1.165, 1.54) is 5.56 Å². The summed E-state index contributed by atoms with van der Waals surface area (Å²) in [6.07, 6.45) is 6.66. The lowest BCUT2D eigenvalue weighted by Gasteiger charge is -2.43. The van der Waals surface area contributed by atoms with E-state index in [0.717, 1.165) is 44.3 Å². The standard InChI is InChI=1S/C25H34N4O2/c1-19-22(18-27(3)26-19)23(30)28-15-11-21(12-16-28)25(2)13-7-8-14-29(24(25)31)17-20-9-5-4-6-10-20/h4-6,9-10,18,21H,7-8,11-17H2,1-3H3/t25-/m0/s1. The van der Waals surface area contributed by atoms with Crippen molar-refractivity contribution < 1.29 is 9.59 Å². The molecule has 0 radical (unpaired) electrons. The number of hydrogen-bond acceptors (Lipinski definition) is 3. The Balaban J connectivity index is 1.44. The molecule has 2 aliphatic rings. The first-order valence-corrected chi connectivity index (χ1v) is 11.5. The van der Waals surface area contributed by atoms with Gasteiger partial charge >= 0.3 is 0 Å². The van der Waals surface area contributed by atoms with Crippen molar-refractivity contribution in [3.63, 3.8) is 0 Å². The van der Waals surface area contributed by atoms with E-state index < -0.39 is 0 Å². The van der Waals surface area contributed by atoms with Crippen LogP contribution in [0.15, 0.2) is 36.5 Å². The van der Waals surface area contributed by atoms with Crippen molar-refractivity contribution in [2.75, 3.05) is 19.6 Å². The normalized spacial score (nSPS) is 23.1. The fraction of sp³-hybridized carbons (Fsp3) is 0.560. The summed E-state index contributed by atoms with van der Waals surface area (Å²) in [6.45, 7) is 6.99. The molecule has 31 heavy (non-hydrogen) atoms. The average molecular weight is 423 g/mol. The molecule has 0 N–H and O–H groups in total. The second-order valence-electron chi connectivity index (χ2n) is 9.46. The Kier molecular flexibility index (Phi) is 6.17. The van der Waals surface area contributed by atoms with Gasteiger partial charge in [0.15, 0.2) is 0 Å². The van der Waals surface area contributed by atoms with Gasteiger partial charge in [0.05, 0.1) is 11.3 Å². The molecule has 2 amide bonds. The monoisotopic (exact) mass is 422 g/mol. The maximum absolute atomic E-state index is 13.7. The number of benzene rings is 1. The minimum atomic E-state index is -0.343. The lowest BCUT2D eigenvalue weighted by molar-refractivity contribution is -0.145. The summed E-state index contributed by atoms with van der Waals surface area (Å²) in [5, 5.41) is 4.31. The Bertz CT molecular complexity index is 930. The van der Waals surface area contributed by atoms with E-state index in [4.69, 9.17) is 0 Å². The van der Waals surface area contributed by atoms with Crippen LogP contribution in [0.1, 0.15) is 60.6 Å². The first-order valence-electron chi connectivity index (χ1n) is 11.5. The molecule has 1 aromatic carbocycles. The molecule has 2 aromatic rings. The van der Waals surface area contributed by atoms with Crippen LogP contribution >= 0.6 is 0 Å². The molecule has 2 saturated heterocycles. The molecular formula is C25H34N4O2. The Hall–Kier alpha value is -2.63. The van der Waals surface area contributed by atoms with E-state index in [1.54, 1.807) is 10.9 Å². The third-order valence-corrected chi connectivity index (χ3v) is 7.29. The van der Waals surface area contributed by atoms with Gasteiger partial charge in [0.1, 0.15) is 0 Å². The van der Waals surface area contributed by atoms with Crippen LogP contribution in [0.25, 0.3) is 0 Å². The quantitative estimate of drug-likeness (QED) is 0.753. The highest BCUT2D eigenvalue weighted by molar-refractivity contribution is 5.95. The Morgan fingerprint density at radius 3 is 2.48 bits per heavy atom. The lowest BCUT2D eigenvalue weighted by Crippen LogP contribution is -2.49. The molecular weight excluding hydrogens is 388 g/mol. The molecule has 0 aliphatic carbocycles. The molecule has 1 atom stereocenters. The fourth-order valence-corrected chi connectivity index (χ4v) is 5.40. The first kappa shape index (κ1) is 21.6. The van der Waals surface area contributed by atoms with Gasteiger partial charge in [-0.2, -0.15) is 5.10 Å². The van der Waals surface area contributed by atoms with Crippen LogP contribution in [0.4, 0.5) is 0 Å². The largest absolute Gasteiger partial charge is 0.339 e. The predicted octanol–water partition coefficient (Wildman–Crippen LogP) is 3.80. The first-order chi connectivity index (χ1) is 14.9. The van der Waals surface area contributed by atoms with Crippen molar-refractivity contribution in [2.45, 2.75) is 52.5 Å². The van der Waals surface area contributed by atoms with Crippen LogP contribution in [0.2, 0.25) is 0 Å². The number of rotatable bonds is 4. The van der Waals surface area contributed by atoms with Gasteiger partial charge in [0, 0.05) is 44.8 Å². The summed E-state index contributed by atoms with van der Waals surface area (Å²) in [5.41, 5.74) is 2.31. The third kappa shape index (κ3) is 4.39. The number of piperidine rings is 1. The second-order valence-corrected chi connectivity index (χ2v) is 9.46. The number of nitrogens with zero attached hydrogens (tertiary/aromatic N) is 4. The molecule has 2 aliphatic heterocycles. The maximum Gasteiger partial charge on any atom is 0.257 e. The van der Waals surface area contributed by atoms with Crippen LogP contribution < -0.4 is 0 Å². The van der Waals surface area contributed by atoms with Crippen molar-refractivity contribution in [3.8, 4) is 0 Å². The predicted molar refractivity (Wildman–Crippen MR) is 120 cm³/mol. The number of amides is 2. The van der Waals surface area contributed by atoms with Gasteiger partial charge in [-0.25, -0.2) is 0 Å². The average Bonchev–Trinajstić information content (AvgIpc) is 3.05. The SMILES string of the molecule is Cc1nn(C)cc1C(=O)N1CCC([C@]2(C)CCCCN(Cc3ccccc3)C2=O)CC1. The van der Waals surface area contributed by atoms with E-state index in [1.807, 2.05) is 37.1 Å². The van der Waals surface area contributed by atoms with E-state index in [0.29, 0.717) is 37.0 Å². The fourth-order valence-electron chi connectivity index (χ4n) is 5.40.